The summed E-state index contributed by atoms with van der Waals surface area (Å²) in [5, 5.41) is 0. The third-order valence-corrected chi connectivity index (χ3v) is 5.70. The van der Waals surface area contributed by atoms with E-state index >= 15 is 0 Å². The van der Waals surface area contributed by atoms with Gasteiger partial charge in [-0.2, -0.15) is 0 Å². The van der Waals surface area contributed by atoms with Crippen LogP contribution in [0.5, 0.6) is 0 Å². The summed E-state index contributed by atoms with van der Waals surface area (Å²) < 4.78 is 0. The van der Waals surface area contributed by atoms with E-state index in [2.05, 4.69) is 30.6 Å². The SMILES string of the molecule is CCC(=O)N1CCN(C2(CC)CCN(CCC(C)C)C2)CC1. The van der Waals surface area contributed by atoms with Crippen molar-refractivity contribution in [2.24, 2.45) is 5.92 Å². The van der Waals surface area contributed by atoms with Crippen LogP contribution in [0.1, 0.15) is 53.4 Å². The number of hydrogen-bond acceptors (Lipinski definition) is 3. The Morgan fingerprint density at radius 2 is 1.77 bits per heavy atom. The molecule has 2 aliphatic heterocycles. The molecule has 0 saturated carbocycles. The van der Waals surface area contributed by atoms with Crippen LogP contribution in [0.3, 0.4) is 0 Å². The number of likely N-dealkylation sites (tertiary alicyclic amines) is 1. The van der Waals surface area contributed by atoms with Gasteiger partial charge in [0.2, 0.25) is 5.91 Å². The first-order valence-corrected chi connectivity index (χ1v) is 9.26. The van der Waals surface area contributed by atoms with Gasteiger partial charge in [-0.25, -0.2) is 0 Å². The Morgan fingerprint density at radius 1 is 1.09 bits per heavy atom. The standard InChI is InChI=1S/C18H35N3O/c1-5-17(22)20-11-13-21(14-12-20)18(6-2)8-10-19(15-18)9-7-16(3)4/h16H,5-15H2,1-4H3. The van der Waals surface area contributed by atoms with Gasteiger partial charge in [0, 0.05) is 51.2 Å². The molecule has 0 aromatic rings. The van der Waals surface area contributed by atoms with E-state index in [9.17, 15) is 4.79 Å². The van der Waals surface area contributed by atoms with Crippen molar-refractivity contribution in [2.45, 2.75) is 58.9 Å². The minimum absolute atomic E-state index is 0.315. The van der Waals surface area contributed by atoms with Crippen LogP contribution in [0.4, 0.5) is 0 Å². The Labute approximate surface area is 136 Å². The van der Waals surface area contributed by atoms with E-state index in [1.54, 1.807) is 0 Å². The molecule has 2 saturated heterocycles. The molecule has 0 aromatic heterocycles. The maximum Gasteiger partial charge on any atom is 0.222 e. The van der Waals surface area contributed by atoms with E-state index in [0.29, 0.717) is 17.9 Å². The van der Waals surface area contributed by atoms with Crippen LogP contribution in [-0.2, 0) is 4.79 Å². The summed E-state index contributed by atoms with van der Waals surface area (Å²) in [6, 6.07) is 0. The average molecular weight is 309 g/mol. The van der Waals surface area contributed by atoms with Crippen molar-refractivity contribution in [1.82, 2.24) is 14.7 Å². The molecule has 0 aromatic carbocycles. The van der Waals surface area contributed by atoms with Gasteiger partial charge in [-0.15, -0.1) is 0 Å². The highest BCUT2D eigenvalue weighted by Gasteiger charge is 2.42. The first-order valence-electron chi connectivity index (χ1n) is 9.26. The molecule has 4 nitrogen and oxygen atoms in total. The van der Waals surface area contributed by atoms with E-state index in [1.165, 1.54) is 38.9 Å². The molecule has 0 N–H and O–H groups in total. The highest BCUT2D eigenvalue weighted by Crippen LogP contribution is 2.32. The molecule has 22 heavy (non-hydrogen) atoms. The summed E-state index contributed by atoms with van der Waals surface area (Å²) in [7, 11) is 0. The van der Waals surface area contributed by atoms with Crippen LogP contribution in [0.15, 0.2) is 0 Å². The first kappa shape index (κ1) is 17.7. The molecule has 1 atom stereocenters. The number of piperazine rings is 1. The number of hydrogen-bond donors (Lipinski definition) is 0. The van der Waals surface area contributed by atoms with Gasteiger partial charge in [0.1, 0.15) is 0 Å². The van der Waals surface area contributed by atoms with E-state index in [4.69, 9.17) is 0 Å². The molecule has 0 aliphatic carbocycles. The topological polar surface area (TPSA) is 26.8 Å². The van der Waals surface area contributed by atoms with Crippen LogP contribution in [0.25, 0.3) is 0 Å². The lowest BCUT2D eigenvalue weighted by molar-refractivity contribution is -0.133. The van der Waals surface area contributed by atoms with Gasteiger partial charge in [0.05, 0.1) is 0 Å². The second-order valence-electron chi connectivity index (χ2n) is 7.51. The van der Waals surface area contributed by atoms with Gasteiger partial charge < -0.3 is 9.80 Å². The summed E-state index contributed by atoms with van der Waals surface area (Å²) in [5.74, 6) is 1.11. The summed E-state index contributed by atoms with van der Waals surface area (Å²) in [5.41, 5.74) is 0.359. The van der Waals surface area contributed by atoms with Crippen molar-refractivity contribution in [1.29, 1.82) is 0 Å². The van der Waals surface area contributed by atoms with E-state index in [1.807, 2.05) is 11.8 Å². The van der Waals surface area contributed by atoms with Crippen LogP contribution in [0, 0.1) is 5.92 Å². The summed E-state index contributed by atoms with van der Waals surface area (Å²) in [6.07, 6.45) is 4.47. The van der Waals surface area contributed by atoms with E-state index < -0.39 is 0 Å². The lowest BCUT2D eigenvalue weighted by Gasteiger charge is -2.45. The number of amides is 1. The molecular formula is C18H35N3O. The van der Waals surface area contributed by atoms with Crippen LogP contribution < -0.4 is 0 Å². The van der Waals surface area contributed by atoms with Gasteiger partial charge in [-0.3, -0.25) is 9.69 Å². The van der Waals surface area contributed by atoms with Crippen molar-refractivity contribution in [3.05, 3.63) is 0 Å². The Bertz CT molecular complexity index is 363. The fourth-order valence-corrected chi connectivity index (χ4v) is 4.00. The third-order valence-electron chi connectivity index (χ3n) is 5.70. The van der Waals surface area contributed by atoms with Crippen molar-refractivity contribution >= 4 is 5.91 Å². The molecule has 1 unspecified atom stereocenters. The normalized spacial score (nSPS) is 27.8. The second-order valence-corrected chi connectivity index (χ2v) is 7.51. The molecule has 0 spiro atoms. The molecule has 128 valence electrons. The van der Waals surface area contributed by atoms with Gasteiger partial charge in [-0.05, 0) is 31.7 Å². The Kier molecular flexibility index (Phi) is 6.27. The first-order chi connectivity index (χ1) is 10.5. The van der Waals surface area contributed by atoms with Gasteiger partial charge >= 0.3 is 0 Å². The molecule has 0 radical (unpaired) electrons. The van der Waals surface area contributed by atoms with Crippen LogP contribution >= 0.6 is 0 Å². The minimum Gasteiger partial charge on any atom is -0.340 e. The number of nitrogens with zero attached hydrogens (tertiary/aromatic N) is 3. The molecular weight excluding hydrogens is 274 g/mol. The zero-order valence-electron chi connectivity index (χ0n) is 15.1. The van der Waals surface area contributed by atoms with Crippen LogP contribution in [0.2, 0.25) is 0 Å². The Morgan fingerprint density at radius 3 is 2.32 bits per heavy atom. The maximum absolute atomic E-state index is 11.8. The lowest BCUT2D eigenvalue weighted by atomic mass is 9.92. The molecule has 2 fully saturated rings. The van der Waals surface area contributed by atoms with Crippen molar-refractivity contribution < 1.29 is 4.79 Å². The quantitative estimate of drug-likeness (QED) is 0.754. The second kappa shape index (κ2) is 7.78. The molecule has 2 rings (SSSR count). The highest BCUT2D eigenvalue weighted by molar-refractivity contribution is 5.75. The monoisotopic (exact) mass is 309 g/mol. The average Bonchev–Trinajstić information content (AvgIpc) is 2.97. The largest absolute Gasteiger partial charge is 0.340 e. The summed E-state index contributed by atoms with van der Waals surface area (Å²) >= 11 is 0. The summed E-state index contributed by atoms with van der Waals surface area (Å²) in [4.78, 5) is 19.2. The fourth-order valence-electron chi connectivity index (χ4n) is 4.00. The number of rotatable bonds is 6. The fraction of sp³-hybridized carbons (Fsp3) is 0.944. The lowest BCUT2D eigenvalue weighted by Crippen LogP contribution is -2.58. The van der Waals surface area contributed by atoms with Gasteiger partial charge in [-0.1, -0.05) is 27.7 Å². The Hall–Kier alpha value is -0.610. The maximum atomic E-state index is 11.8. The molecule has 4 heteroatoms. The molecule has 0 bridgehead atoms. The van der Waals surface area contributed by atoms with E-state index in [0.717, 1.165) is 32.1 Å². The van der Waals surface area contributed by atoms with Gasteiger partial charge in [0.25, 0.3) is 0 Å². The van der Waals surface area contributed by atoms with Crippen molar-refractivity contribution in [3.8, 4) is 0 Å². The highest BCUT2D eigenvalue weighted by atomic mass is 16.2. The molecule has 2 heterocycles. The predicted octanol–water partition coefficient (Wildman–Crippen LogP) is 2.44. The molecule has 2 aliphatic rings. The van der Waals surface area contributed by atoms with Gasteiger partial charge in [0.15, 0.2) is 0 Å². The van der Waals surface area contributed by atoms with Crippen LogP contribution in [-0.4, -0.2) is 72.0 Å². The number of carbonyl (C=O) groups is 1. The third kappa shape index (κ3) is 4.02. The zero-order chi connectivity index (χ0) is 16.2. The zero-order valence-corrected chi connectivity index (χ0v) is 15.1. The summed E-state index contributed by atoms with van der Waals surface area (Å²) in [6.45, 7) is 16.6. The molecule has 1 amide bonds. The Balaban J connectivity index is 1.88. The smallest absolute Gasteiger partial charge is 0.222 e. The van der Waals surface area contributed by atoms with Crippen molar-refractivity contribution in [3.63, 3.8) is 0 Å². The predicted molar refractivity (Wildman–Crippen MR) is 92.0 cm³/mol. The van der Waals surface area contributed by atoms with Crippen molar-refractivity contribution in [2.75, 3.05) is 45.8 Å². The minimum atomic E-state index is 0.315. The number of carbonyl (C=O) groups excluding carboxylic acids is 1. The van der Waals surface area contributed by atoms with E-state index in [-0.39, 0.29) is 0 Å².